The average Bonchev–Trinajstić information content (AvgIpc) is 3.03. The summed E-state index contributed by atoms with van der Waals surface area (Å²) in [6.45, 7) is 8.63. The molecule has 0 radical (unpaired) electrons. The first-order valence-electron chi connectivity index (χ1n) is 14.9. The Morgan fingerprint density at radius 2 is 1.19 bits per heavy atom. The van der Waals surface area contributed by atoms with E-state index >= 15 is 0 Å². The van der Waals surface area contributed by atoms with Crippen molar-refractivity contribution in [1.29, 1.82) is 0 Å². The molecule has 2 fully saturated rings. The highest BCUT2D eigenvalue weighted by Crippen LogP contribution is 2.30. The fraction of sp³-hybridized carbons (Fsp3) is 0.343. The maximum Gasteiger partial charge on any atom is 0.414 e. The van der Waals surface area contributed by atoms with Gasteiger partial charge in [-0.15, -0.1) is 0 Å². The number of nitrogens with zero attached hydrogens (tertiary/aromatic N) is 3. The second-order valence-corrected chi connectivity index (χ2v) is 11.1. The van der Waals surface area contributed by atoms with Gasteiger partial charge >= 0.3 is 11.9 Å². The van der Waals surface area contributed by atoms with Crippen molar-refractivity contribution >= 4 is 23.9 Å². The largest absolute Gasteiger partial charge is 0.473 e. The summed E-state index contributed by atoms with van der Waals surface area (Å²) in [5, 5.41) is 14.8. The number of hydrogen-bond donors (Lipinski definition) is 2. The van der Waals surface area contributed by atoms with E-state index in [0.717, 1.165) is 58.7 Å². The summed E-state index contributed by atoms with van der Waals surface area (Å²) in [5.41, 5.74) is 5.26. The number of piperidine rings is 1. The van der Waals surface area contributed by atoms with Gasteiger partial charge in [-0.1, -0.05) is 103 Å². The molecule has 3 aromatic carbocycles. The van der Waals surface area contributed by atoms with Crippen LogP contribution in [0, 0.1) is 5.92 Å². The van der Waals surface area contributed by atoms with Gasteiger partial charge in [-0.25, -0.2) is 9.59 Å². The van der Waals surface area contributed by atoms with Gasteiger partial charge in [-0.2, -0.15) is 0 Å². The number of hydrogen-bond acceptors (Lipinski definition) is 5. The molecule has 0 aromatic heterocycles. The Kier molecular flexibility index (Phi) is 11.6. The highest BCUT2D eigenvalue weighted by Gasteiger charge is 2.32. The van der Waals surface area contributed by atoms with Gasteiger partial charge in [0.05, 0.1) is 6.04 Å². The molecule has 0 spiro atoms. The lowest BCUT2D eigenvalue weighted by Gasteiger charge is -2.41. The Morgan fingerprint density at radius 3 is 1.65 bits per heavy atom. The summed E-state index contributed by atoms with van der Waals surface area (Å²) in [4.78, 5) is 38.8. The Balaban J connectivity index is 0.000000641. The summed E-state index contributed by atoms with van der Waals surface area (Å²) in [7, 11) is 0. The fourth-order valence-corrected chi connectivity index (χ4v) is 5.91. The van der Waals surface area contributed by atoms with Crippen LogP contribution < -0.4 is 0 Å². The molecule has 5 rings (SSSR count). The normalized spacial score (nSPS) is 16.8. The summed E-state index contributed by atoms with van der Waals surface area (Å²) in [6, 6.07) is 32.3. The molecule has 0 atom stereocenters. The third kappa shape index (κ3) is 9.36. The van der Waals surface area contributed by atoms with Crippen LogP contribution in [0.3, 0.4) is 0 Å². The maximum atomic E-state index is 13.4. The molecule has 1 amide bonds. The number of aliphatic carboxylic acids is 2. The predicted molar refractivity (Wildman–Crippen MR) is 167 cm³/mol. The predicted octanol–water partition coefficient (Wildman–Crippen LogP) is 4.89. The second-order valence-electron chi connectivity index (χ2n) is 11.1. The van der Waals surface area contributed by atoms with E-state index in [-0.39, 0.29) is 12.0 Å². The second kappa shape index (κ2) is 15.8. The molecule has 2 heterocycles. The van der Waals surface area contributed by atoms with Crippen molar-refractivity contribution in [3.63, 3.8) is 0 Å². The van der Waals surface area contributed by atoms with E-state index in [0.29, 0.717) is 5.91 Å². The SMILES string of the molecule is CC(=Cc1ccccc1)CN1CCC(C(=O)N2CCN(C(c3ccccc3)c3ccccc3)CC2)CC1.O=C(O)C(=O)O. The number of rotatable bonds is 7. The standard InChI is InChI=1S/C33H39N3O.C2H2O4/c1-27(25-28-11-5-2-6-12-28)26-34-19-17-31(18-20-34)33(37)36-23-21-35(22-24-36)32(29-13-7-3-8-14-29)30-15-9-4-10-16-30;3-1(4)2(5)6/h2-16,25,31-32H,17-24,26H2,1H3;(H,3,4)(H,5,6). The molecular weight excluding hydrogens is 542 g/mol. The maximum absolute atomic E-state index is 13.4. The van der Waals surface area contributed by atoms with Crippen LogP contribution in [0.25, 0.3) is 6.08 Å². The van der Waals surface area contributed by atoms with Crippen LogP contribution >= 0.6 is 0 Å². The third-order valence-electron chi connectivity index (χ3n) is 8.03. The van der Waals surface area contributed by atoms with Crippen molar-refractivity contribution in [2.24, 2.45) is 5.92 Å². The van der Waals surface area contributed by atoms with Crippen molar-refractivity contribution in [2.45, 2.75) is 25.8 Å². The molecule has 3 aromatic rings. The molecule has 2 aliphatic rings. The average molecular weight is 584 g/mol. The lowest BCUT2D eigenvalue weighted by Crippen LogP contribution is -2.52. The fourth-order valence-electron chi connectivity index (χ4n) is 5.91. The van der Waals surface area contributed by atoms with E-state index in [2.05, 4.69) is 119 Å². The highest BCUT2D eigenvalue weighted by atomic mass is 16.4. The first kappa shape index (κ1) is 31.7. The summed E-state index contributed by atoms with van der Waals surface area (Å²) < 4.78 is 0. The van der Waals surface area contributed by atoms with Crippen molar-refractivity contribution in [3.05, 3.63) is 113 Å². The number of carboxylic acids is 2. The molecule has 226 valence electrons. The molecule has 8 heteroatoms. The molecular formula is C35H41N3O5. The minimum absolute atomic E-state index is 0.167. The number of carboxylic acid groups (broad SMARTS) is 2. The van der Waals surface area contributed by atoms with Crippen LogP contribution in [0.5, 0.6) is 0 Å². The quantitative estimate of drug-likeness (QED) is 0.382. The van der Waals surface area contributed by atoms with Crippen LogP contribution in [0.15, 0.2) is 96.6 Å². The molecule has 2 aliphatic heterocycles. The van der Waals surface area contributed by atoms with Gasteiger partial charge in [0, 0.05) is 38.6 Å². The van der Waals surface area contributed by atoms with E-state index in [1.165, 1.54) is 22.3 Å². The number of amides is 1. The zero-order valence-electron chi connectivity index (χ0n) is 24.7. The lowest BCUT2D eigenvalue weighted by atomic mass is 9.94. The number of carbonyl (C=O) groups excluding carboxylic acids is 1. The molecule has 8 nitrogen and oxygen atoms in total. The summed E-state index contributed by atoms with van der Waals surface area (Å²) >= 11 is 0. The zero-order chi connectivity index (χ0) is 30.6. The number of piperazine rings is 1. The molecule has 2 N–H and O–H groups in total. The van der Waals surface area contributed by atoms with Crippen LogP contribution in [0.4, 0.5) is 0 Å². The Hall–Kier alpha value is -4.27. The van der Waals surface area contributed by atoms with Gasteiger partial charge in [0.25, 0.3) is 0 Å². The Bertz CT molecular complexity index is 1300. The van der Waals surface area contributed by atoms with Gasteiger partial charge in [0.1, 0.15) is 0 Å². The third-order valence-corrected chi connectivity index (χ3v) is 8.03. The van der Waals surface area contributed by atoms with E-state index in [1.54, 1.807) is 0 Å². The minimum Gasteiger partial charge on any atom is -0.473 e. The van der Waals surface area contributed by atoms with Crippen LogP contribution in [-0.2, 0) is 14.4 Å². The number of benzene rings is 3. The topological polar surface area (TPSA) is 101 Å². The lowest BCUT2D eigenvalue weighted by molar-refractivity contribution is -0.159. The van der Waals surface area contributed by atoms with E-state index in [9.17, 15) is 4.79 Å². The first-order chi connectivity index (χ1) is 20.8. The van der Waals surface area contributed by atoms with Gasteiger partial charge in [0.2, 0.25) is 5.91 Å². The molecule has 0 unspecified atom stereocenters. The van der Waals surface area contributed by atoms with Crippen molar-refractivity contribution < 1.29 is 24.6 Å². The van der Waals surface area contributed by atoms with Gasteiger partial charge in [-0.3, -0.25) is 14.6 Å². The molecule has 2 saturated heterocycles. The Labute approximate surface area is 253 Å². The van der Waals surface area contributed by atoms with Crippen molar-refractivity contribution in [3.8, 4) is 0 Å². The molecule has 43 heavy (non-hydrogen) atoms. The highest BCUT2D eigenvalue weighted by molar-refractivity contribution is 6.27. The molecule has 0 bridgehead atoms. The van der Waals surface area contributed by atoms with Crippen LogP contribution in [0.1, 0.15) is 42.5 Å². The Morgan fingerprint density at radius 1 is 0.721 bits per heavy atom. The summed E-state index contributed by atoms with van der Waals surface area (Å²) in [6.07, 6.45) is 4.21. The zero-order valence-corrected chi connectivity index (χ0v) is 24.7. The number of likely N-dealkylation sites (tertiary alicyclic amines) is 1. The number of carbonyl (C=O) groups is 3. The molecule has 0 aliphatic carbocycles. The first-order valence-corrected chi connectivity index (χ1v) is 14.9. The van der Waals surface area contributed by atoms with E-state index in [4.69, 9.17) is 19.8 Å². The van der Waals surface area contributed by atoms with Gasteiger partial charge in [-0.05, 0) is 49.5 Å². The molecule has 0 saturated carbocycles. The summed E-state index contributed by atoms with van der Waals surface area (Å²) in [5.74, 6) is -3.11. The van der Waals surface area contributed by atoms with Gasteiger partial charge < -0.3 is 15.1 Å². The van der Waals surface area contributed by atoms with Crippen molar-refractivity contribution in [1.82, 2.24) is 14.7 Å². The van der Waals surface area contributed by atoms with E-state index in [1.807, 2.05) is 0 Å². The monoisotopic (exact) mass is 583 g/mol. The van der Waals surface area contributed by atoms with Crippen molar-refractivity contribution in [2.75, 3.05) is 45.8 Å². The van der Waals surface area contributed by atoms with Crippen LogP contribution in [0.2, 0.25) is 0 Å². The van der Waals surface area contributed by atoms with Gasteiger partial charge in [0.15, 0.2) is 0 Å². The van der Waals surface area contributed by atoms with Crippen LogP contribution in [-0.4, -0.2) is 88.6 Å². The van der Waals surface area contributed by atoms with E-state index < -0.39 is 11.9 Å². The smallest absolute Gasteiger partial charge is 0.414 e. The minimum atomic E-state index is -1.82.